The fraction of sp³-hybridized carbons (Fsp3) is 0.333. The Labute approximate surface area is 166 Å². The van der Waals surface area contributed by atoms with Crippen LogP contribution in [0.5, 0.6) is 11.5 Å². The maximum absolute atomic E-state index is 12.7. The Balaban J connectivity index is 0.00000210. The zero-order chi connectivity index (χ0) is 18.3. The quantitative estimate of drug-likeness (QED) is 0.809. The van der Waals surface area contributed by atoms with Gasteiger partial charge in [-0.05, 0) is 31.2 Å². The number of hydrogen-bond acceptors (Lipinski definition) is 6. The molecule has 1 aromatic carbocycles. The largest absolute Gasteiger partial charge is 0.485 e. The zero-order valence-electron chi connectivity index (χ0n) is 14.7. The van der Waals surface area contributed by atoms with Gasteiger partial charge in [0.1, 0.15) is 11.6 Å². The molecule has 1 unspecified atom stereocenters. The Morgan fingerprint density at radius 3 is 2.78 bits per heavy atom. The third-order valence-electron chi connectivity index (χ3n) is 4.53. The molecule has 0 radical (unpaired) electrons. The van der Waals surface area contributed by atoms with Crippen LogP contribution >= 0.6 is 23.7 Å². The lowest BCUT2D eigenvalue weighted by Crippen LogP contribution is -2.40. The van der Waals surface area contributed by atoms with Crippen molar-refractivity contribution in [1.82, 2.24) is 4.90 Å². The van der Waals surface area contributed by atoms with Gasteiger partial charge in [-0.2, -0.15) is 0 Å². The highest BCUT2D eigenvalue weighted by Gasteiger charge is 2.31. The molecule has 3 N–H and O–H groups in total. The maximum atomic E-state index is 12.7. The first kappa shape index (κ1) is 19.5. The maximum Gasteiger partial charge on any atom is 0.269 e. The van der Waals surface area contributed by atoms with Crippen LogP contribution in [0.3, 0.4) is 0 Å². The number of amides is 2. The molecular formula is C18H20ClN3O4S. The highest BCUT2D eigenvalue weighted by atomic mass is 35.5. The second-order valence-electron chi connectivity index (χ2n) is 6.41. The fourth-order valence-corrected chi connectivity index (χ4v) is 4.56. The SMILES string of the molecule is CN1CCc2c(sc(NC(=O)C3COc4ccccc4O3)c2C(N)=O)C1.Cl. The van der Waals surface area contributed by atoms with Gasteiger partial charge in [0, 0.05) is 18.0 Å². The van der Waals surface area contributed by atoms with Gasteiger partial charge in [0.05, 0.1) is 5.56 Å². The monoisotopic (exact) mass is 409 g/mol. The normalized spacial score (nSPS) is 18.2. The van der Waals surface area contributed by atoms with Gasteiger partial charge >= 0.3 is 0 Å². The molecule has 1 aromatic heterocycles. The van der Waals surface area contributed by atoms with E-state index >= 15 is 0 Å². The number of thiophene rings is 1. The average Bonchev–Trinajstić information content (AvgIpc) is 2.98. The molecule has 0 saturated carbocycles. The summed E-state index contributed by atoms with van der Waals surface area (Å²) in [5, 5.41) is 3.31. The molecule has 2 aromatic rings. The van der Waals surface area contributed by atoms with Crippen LogP contribution < -0.4 is 20.5 Å². The third kappa shape index (κ3) is 3.73. The summed E-state index contributed by atoms with van der Waals surface area (Å²) in [5.74, 6) is 0.271. The van der Waals surface area contributed by atoms with Crippen molar-refractivity contribution in [1.29, 1.82) is 0 Å². The first-order valence-corrected chi connectivity index (χ1v) is 9.17. The van der Waals surface area contributed by atoms with Gasteiger partial charge in [0.25, 0.3) is 11.8 Å². The third-order valence-corrected chi connectivity index (χ3v) is 5.66. The number of hydrogen-bond donors (Lipinski definition) is 2. The minimum atomic E-state index is -0.785. The summed E-state index contributed by atoms with van der Waals surface area (Å²) in [7, 11) is 2.02. The molecule has 0 fully saturated rings. The Hall–Kier alpha value is -2.29. The van der Waals surface area contributed by atoms with Gasteiger partial charge in [0.15, 0.2) is 11.5 Å². The van der Waals surface area contributed by atoms with E-state index in [0.717, 1.165) is 30.0 Å². The molecule has 2 aliphatic heterocycles. The zero-order valence-corrected chi connectivity index (χ0v) is 16.3. The lowest BCUT2D eigenvalue weighted by molar-refractivity contribution is -0.125. The van der Waals surface area contributed by atoms with Crippen LogP contribution in [0.1, 0.15) is 20.8 Å². The molecule has 7 nitrogen and oxygen atoms in total. The molecule has 1 atom stereocenters. The first-order valence-electron chi connectivity index (χ1n) is 8.35. The summed E-state index contributed by atoms with van der Waals surface area (Å²) < 4.78 is 11.3. The smallest absolute Gasteiger partial charge is 0.269 e. The number of nitrogens with one attached hydrogen (secondary N) is 1. The first-order chi connectivity index (χ1) is 12.5. The van der Waals surface area contributed by atoms with Crippen LogP contribution in [0.4, 0.5) is 5.00 Å². The van der Waals surface area contributed by atoms with Crippen LogP contribution in [0.2, 0.25) is 0 Å². The molecule has 0 spiro atoms. The van der Waals surface area contributed by atoms with Crippen molar-refractivity contribution in [2.24, 2.45) is 5.73 Å². The van der Waals surface area contributed by atoms with Crippen molar-refractivity contribution < 1.29 is 19.1 Å². The minimum Gasteiger partial charge on any atom is -0.485 e. The molecular weight excluding hydrogens is 390 g/mol. The molecule has 144 valence electrons. The topological polar surface area (TPSA) is 93.9 Å². The molecule has 27 heavy (non-hydrogen) atoms. The van der Waals surface area contributed by atoms with E-state index in [4.69, 9.17) is 15.2 Å². The van der Waals surface area contributed by atoms with E-state index in [1.165, 1.54) is 11.3 Å². The number of carbonyl (C=O) groups is 2. The number of likely N-dealkylation sites (N-methyl/N-ethyl adjacent to an activating group) is 1. The molecule has 4 rings (SSSR count). The molecule has 3 heterocycles. The Kier molecular flexibility index (Phi) is 5.59. The number of benzene rings is 1. The molecule has 0 aliphatic carbocycles. The van der Waals surface area contributed by atoms with Crippen LogP contribution in [-0.2, 0) is 17.8 Å². The van der Waals surface area contributed by atoms with E-state index in [0.29, 0.717) is 22.1 Å². The lowest BCUT2D eigenvalue weighted by Gasteiger charge is -2.25. The average molecular weight is 410 g/mol. The van der Waals surface area contributed by atoms with Gasteiger partial charge in [-0.1, -0.05) is 12.1 Å². The number of ether oxygens (including phenoxy) is 2. The lowest BCUT2D eigenvalue weighted by atomic mass is 10.0. The van der Waals surface area contributed by atoms with Gasteiger partial charge in [0.2, 0.25) is 6.10 Å². The number of nitrogens with zero attached hydrogens (tertiary/aromatic N) is 1. The number of nitrogens with two attached hydrogens (primary N) is 1. The van der Waals surface area contributed by atoms with Crippen molar-refractivity contribution in [2.75, 3.05) is 25.5 Å². The highest BCUT2D eigenvalue weighted by molar-refractivity contribution is 7.17. The Morgan fingerprint density at radius 1 is 1.30 bits per heavy atom. The predicted octanol–water partition coefficient (Wildman–Crippen LogP) is 2.04. The molecule has 2 amide bonds. The van der Waals surface area contributed by atoms with Crippen molar-refractivity contribution >= 4 is 40.6 Å². The number of anilines is 1. The van der Waals surface area contributed by atoms with Crippen molar-refractivity contribution in [2.45, 2.75) is 19.1 Å². The summed E-state index contributed by atoms with van der Waals surface area (Å²) >= 11 is 1.40. The molecule has 0 bridgehead atoms. The summed E-state index contributed by atoms with van der Waals surface area (Å²) in [4.78, 5) is 27.9. The minimum absolute atomic E-state index is 0. The number of carbonyl (C=O) groups excluding carboxylic acids is 2. The van der Waals surface area contributed by atoms with E-state index in [1.54, 1.807) is 12.1 Å². The Bertz CT molecular complexity index is 885. The van der Waals surface area contributed by atoms with Crippen molar-refractivity contribution in [3.63, 3.8) is 0 Å². The second kappa shape index (κ2) is 7.75. The highest BCUT2D eigenvalue weighted by Crippen LogP contribution is 2.37. The van der Waals surface area contributed by atoms with Crippen LogP contribution in [0.25, 0.3) is 0 Å². The number of rotatable bonds is 3. The predicted molar refractivity (Wildman–Crippen MR) is 105 cm³/mol. The van der Waals surface area contributed by atoms with E-state index in [9.17, 15) is 9.59 Å². The Morgan fingerprint density at radius 2 is 2.04 bits per heavy atom. The van der Waals surface area contributed by atoms with Gasteiger partial charge < -0.3 is 25.4 Å². The van der Waals surface area contributed by atoms with Crippen LogP contribution in [-0.4, -0.2) is 43.0 Å². The summed E-state index contributed by atoms with van der Waals surface area (Å²) in [6.07, 6.45) is -0.0418. The second-order valence-corrected chi connectivity index (χ2v) is 7.52. The van der Waals surface area contributed by atoms with Crippen LogP contribution in [0.15, 0.2) is 24.3 Å². The summed E-state index contributed by atoms with van der Waals surface area (Å²) in [6.45, 7) is 1.71. The van der Waals surface area contributed by atoms with Crippen LogP contribution in [0, 0.1) is 0 Å². The van der Waals surface area contributed by atoms with Gasteiger partial charge in [-0.25, -0.2) is 0 Å². The van der Waals surface area contributed by atoms with Crippen molar-refractivity contribution in [3.05, 3.63) is 40.3 Å². The van der Waals surface area contributed by atoms with E-state index in [-0.39, 0.29) is 24.9 Å². The molecule has 9 heteroatoms. The molecule has 0 saturated heterocycles. The van der Waals surface area contributed by atoms with Gasteiger partial charge in [-0.15, -0.1) is 23.7 Å². The van der Waals surface area contributed by atoms with E-state index < -0.39 is 12.0 Å². The number of halogens is 1. The van der Waals surface area contributed by atoms with Gasteiger partial charge in [-0.3, -0.25) is 9.59 Å². The number of fused-ring (bicyclic) bond motifs is 2. The summed E-state index contributed by atoms with van der Waals surface area (Å²) in [5.41, 5.74) is 6.95. The standard InChI is InChI=1S/C18H19N3O4S.ClH/c1-21-7-6-10-14(8-21)26-18(15(10)16(19)22)20-17(23)13-9-24-11-4-2-3-5-12(11)25-13;/h2-5,13H,6-9H2,1H3,(H2,19,22)(H,20,23);1H. The number of para-hydroxylation sites is 2. The molecule has 2 aliphatic rings. The number of primary amides is 1. The summed E-state index contributed by atoms with van der Waals surface area (Å²) in [6, 6.07) is 7.20. The van der Waals surface area contributed by atoms with Crippen molar-refractivity contribution in [3.8, 4) is 11.5 Å². The van der Waals surface area contributed by atoms with E-state index in [1.807, 2.05) is 19.2 Å². The van der Waals surface area contributed by atoms with E-state index in [2.05, 4.69) is 10.2 Å². The fourth-order valence-electron chi connectivity index (χ4n) is 3.22.